The Hall–Kier alpha value is -1.26. The van der Waals surface area contributed by atoms with E-state index in [4.69, 9.17) is 4.74 Å². The number of nitrogens with one attached hydrogen (secondary N) is 1. The highest BCUT2D eigenvalue weighted by Crippen LogP contribution is 2.31. The van der Waals surface area contributed by atoms with Gasteiger partial charge in [0, 0.05) is 29.8 Å². The van der Waals surface area contributed by atoms with Crippen LogP contribution in [0.3, 0.4) is 0 Å². The van der Waals surface area contributed by atoms with Crippen LogP contribution in [0.25, 0.3) is 0 Å². The van der Waals surface area contributed by atoms with Gasteiger partial charge < -0.3 is 20.1 Å². The van der Waals surface area contributed by atoms with E-state index in [1.165, 1.54) is 38.8 Å². The SMILES string of the molecule is COc1ccc(C(C)NC2CCN(C3CC3)CC2)c(O)c1. The molecule has 0 amide bonds. The van der Waals surface area contributed by atoms with E-state index in [1.54, 1.807) is 13.2 Å². The maximum Gasteiger partial charge on any atom is 0.124 e. The van der Waals surface area contributed by atoms with Gasteiger partial charge in [0.2, 0.25) is 0 Å². The molecule has 4 nitrogen and oxygen atoms in total. The minimum atomic E-state index is 0.161. The number of methoxy groups -OCH3 is 1. The van der Waals surface area contributed by atoms with Crippen LogP contribution in [0.5, 0.6) is 11.5 Å². The molecule has 1 saturated heterocycles. The zero-order valence-electron chi connectivity index (χ0n) is 13.0. The van der Waals surface area contributed by atoms with Crippen molar-refractivity contribution in [1.82, 2.24) is 10.2 Å². The Kier molecular flexibility index (Phi) is 4.36. The van der Waals surface area contributed by atoms with E-state index < -0.39 is 0 Å². The number of hydrogen-bond donors (Lipinski definition) is 2. The fourth-order valence-electron chi connectivity index (χ4n) is 3.33. The van der Waals surface area contributed by atoms with E-state index in [0.29, 0.717) is 17.5 Å². The van der Waals surface area contributed by atoms with E-state index >= 15 is 0 Å². The first-order valence-corrected chi connectivity index (χ1v) is 8.04. The van der Waals surface area contributed by atoms with Crippen molar-refractivity contribution in [2.45, 2.75) is 50.7 Å². The van der Waals surface area contributed by atoms with Gasteiger partial charge in [0.05, 0.1) is 7.11 Å². The molecule has 4 heteroatoms. The third kappa shape index (κ3) is 3.50. The summed E-state index contributed by atoms with van der Waals surface area (Å²) >= 11 is 0. The molecule has 116 valence electrons. The molecular weight excluding hydrogens is 264 g/mol. The van der Waals surface area contributed by atoms with Crippen LogP contribution in [0.4, 0.5) is 0 Å². The number of piperidine rings is 1. The van der Waals surface area contributed by atoms with Crippen LogP contribution in [0, 0.1) is 0 Å². The second kappa shape index (κ2) is 6.24. The Labute approximate surface area is 127 Å². The molecule has 2 fully saturated rings. The molecule has 1 aliphatic heterocycles. The van der Waals surface area contributed by atoms with Gasteiger partial charge in [-0.05, 0) is 51.8 Å². The molecule has 1 aromatic carbocycles. The predicted molar refractivity (Wildman–Crippen MR) is 83.8 cm³/mol. The highest BCUT2D eigenvalue weighted by atomic mass is 16.5. The van der Waals surface area contributed by atoms with Gasteiger partial charge in [0.1, 0.15) is 11.5 Å². The largest absolute Gasteiger partial charge is 0.507 e. The molecule has 2 N–H and O–H groups in total. The summed E-state index contributed by atoms with van der Waals surface area (Å²) in [6, 6.07) is 7.14. The van der Waals surface area contributed by atoms with Crippen LogP contribution in [0.2, 0.25) is 0 Å². The monoisotopic (exact) mass is 290 g/mol. The minimum absolute atomic E-state index is 0.161. The van der Waals surface area contributed by atoms with Crippen molar-refractivity contribution < 1.29 is 9.84 Å². The first kappa shape index (κ1) is 14.7. The molecule has 1 heterocycles. The molecule has 1 aromatic rings. The lowest BCUT2D eigenvalue weighted by Crippen LogP contribution is -2.44. The first-order chi connectivity index (χ1) is 10.2. The van der Waals surface area contributed by atoms with E-state index in [1.807, 2.05) is 12.1 Å². The van der Waals surface area contributed by atoms with E-state index in [9.17, 15) is 5.11 Å². The van der Waals surface area contributed by atoms with Gasteiger partial charge in [-0.25, -0.2) is 0 Å². The number of ether oxygens (including phenoxy) is 1. The van der Waals surface area contributed by atoms with Crippen molar-refractivity contribution in [2.75, 3.05) is 20.2 Å². The average Bonchev–Trinajstić information content (AvgIpc) is 3.32. The Morgan fingerprint density at radius 3 is 2.52 bits per heavy atom. The number of likely N-dealkylation sites (tertiary alicyclic amines) is 1. The second-order valence-corrected chi connectivity index (χ2v) is 6.35. The Morgan fingerprint density at radius 1 is 1.24 bits per heavy atom. The summed E-state index contributed by atoms with van der Waals surface area (Å²) in [7, 11) is 1.61. The molecule has 21 heavy (non-hydrogen) atoms. The maximum atomic E-state index is 10.1. The fraction of sp³-hybridized carbons (Fsp3) is 0.647. The number of benzene rings is 1. The molecule has 0 radical (unpaired) electrons. The number of nitrogens with zero attached hydrogens (tertiary/aromatic N) is 1. The molecule has 1 atom stereocenters. The molecular formula is C17H26N2O2. The highest BCUT2D eigenvalue weighted by Gasteiger charge is 2.32. The summed E-state index contributed by atoms with van der Waals surface area (Å²) in [4.78, 5) is 2.63. The number of rotatable bonds is 5. The Balaban J connectivity index is 1.55. The third-order valence-corrected chi connectivity index (χ3v) is 4.78. The van der Waals surface area contributed by atoms with Crippen LogP contribution in [0.1, 0.15) is 44.2 Å². The maximum absolute atomic E-state index is 10.1. The number of phenolic OH excluding ortho intramolecular Hbond substituents is 1. The van der Waals surface area contributed by atoms with Crippen LogP contribution >= 0.6 is 0 Å². The molecule has 1 aliphatic carbocycles. The fourth-order valence-corrected chi connectivity index (χ4v) is 3.33. The molecule has 1 saturated carbocycles. The highest BCUT2D eigenvalue weighted by molar-refractivity contribution is 5.41. The zero-order valence-corrected chi connectivity index (χ0v) is 13.0. The topological polar surface area (TPSA) is 44.7 Å². The summed E-state index contributed by atoms with van der Waals surface area (Å²) in [5, 5.41) is 13.8. The van der Waals surface area contributed by atoms with Crippen molar-refractivity contribution in [3.05, 3.63) is 23.8 Å². The minimum Gasteiger partial charge on any atom is -0.507 e. The molecule has 0 bridgehead atoms. The summed E-state index contributed by atoms with van der Waals surface area (Å²) in [5.74, 6) is 1.01. The number of aromatic hydroxyl groups is 1. The van der Waals surface area contributed by atoms with E-state index in [0.717, 1.165) is 11.6 Å². The van der Waals surface area contributed by atoms with Gasteiger partial charge in [-0.1, -0.05) is 6.07 Å². The first-order valence-electron chi connectivity index (χ1n) is 8.04. The number of hydrogen-bond acceptors (Lipinski definition) is 4. The molecule has 1 unspecified atom stereocenters. The van der Waals surface area contributed by atoms with Gasteiger partial charge >= 0.3 is 0 Å². The van der Waals surface area contributed by atoms with Crippen molar-refractivity contribution in [2.24, 2.45) is 0 Å². The standard InChI is InChI=1S/C17H26N2O2/c1-12(16-6-5-15(21-2)11-17(16)20)18-13-7-9-19(10-8-13)14-3-4-14/h5-6,11-14,18,20H,3-4,7-10H2,1-2H3. The molecule has 0 aromatic heterocycles. The third-order valence-electron chi connectivity index (χ3n) is 4.78. The van der Waals surface area contributed by atoms with Crippen LogP contribution in [-0.4, -0.2) is 42.3 Å². The van der Waals surface area contributed by atoms with Gasteiger partial charge in [-0.3, -0.25) is 0 Å². The van der Waals surface area contributed by atoms with Crippen molar-refractivity contribution in [3.8, 4) is 11.5 Å². The van der Waals surface area contributed by atoms with Crippen molar-refractivity contribution >= 4 is 0 Å². The normalized spacial score (nSPS) is 22.2. The summed E-state index contributed by atoms with van der Waals surface area (Å²) in [5.41, 5.74) is 0.945. The van der Waals surface area contributed by atoms with E-state index in [-0.39, 0.29) is 6.04 Å². The van der Waals surface area contributed by atoms with Crippen LogP contribution < -0.4 is 10.1 Å². The van der Waals surface area contributed by atoms with E-state index in [2.05, 4.69) is 17.1 Å². The summed E-state index contributed by atoms with van der Waals surface area (Å²) in [6.07, 6.45) is 5.21. The van der Waals surface area contributed by atoms with Crippen molar-refractivity contribution in [3.63, 3.8) is 0 Å². The average molecular weight is 290 g/mol. The number of phenols is 1. The van der Waals surface area contributed by atoms with Crippen LogP contribution in [-0.2, 0) is 0 Å². The van der Waals surface area contributed by atoms with Gasteiger partial charge in [0.15, 0.2) is 0 Å². The lowest BCUT2D eigenvalue weighted by atomic mass is 10.0. The predicted octanol–water partition coefficient (Wildman–Crippen LogP) is 2.68. The smallest absolute Gasteiger partial charge is 0.124 e. The zero-order chi connectivity index (χ0) is 14.8. The van der Waals surface area contributed by atoms with Gasteiger partial charge in [-0.2, -0.15) is 0 Å². The quantitative estimate of drug-likeness (QED) is 0.875. The molecule has 0 spiro atoms. The lowest BCUT2D eigenvalue weighted by Gasteiger charge is -2.34. The molecule has 2 aliphatic rings. The summed E-state index contributed by atoms with van der Waals surface area (Å²) < 4.78 is 5.13. The Morgan fingerprint density at radius 2 is 1.95 bits per heavy atom. The Bertz CT molecular complexity index is 480. The summed E-state index contributed by atoms with van der Waals surface area (Å²) in [6.45, 7) is 4.54. The van der Waals surface area contributed by atoms with Gasteiger partial charge in [0.25, 0.3) is 0 Å². The lowest BCUT2D eigenvalue weighted by molar-refractivity contribution is 0.184. The molecule has 3 rings (SSSR count). The van der Waals surface area contributed by atoms with Crippen LogP contribution in [0.15, 0.2) is 18.2 Å². The van der Waals surface area contributed by atoms with Crippen molar-refractivity contribution in [1.29, 1.82) is 0 Å². The second-order valence-electron chi connectivity index (χ2n) is 6.35. The van der Waals surface area contributed by atoms with Gasteiger partial charge in [-0.15, -0.1) is 0 Å².